The van der Waals surface area contributed by atoms with Gasteiger partial charge in [0.15, 0.2) is 0 Å². The average Bonchev–Trinajstić information content (AvgIpc) is 2.94. The molecule has 0 aromatic heterocycles. The molecule has 0 bridgehead atoms. The van der Waals surface area contributed by atoms with E-state index in [2.05, 4.69) is 5.32 Å². The first-order valence-electron chi connectivity index (χ1n) is 13.3. The highest BCUT2D eigenvalue weighted by atomic mass is 35.5. The van der Waals surface area contributed by atoms with Crippen molar-refractivity contribution in [2.75, 3.05) is 31.5 Å². The number of anilines is 1. The maximum atomic E-state index is 14.9. The summed E-state index contributed by atoms with van der Waals surface area (Å²) in [5.74, 6) is -1.82. The predicted octanol–water partition coefficient (Wildman–Crippen LogP) is 5.16. The van der Waals surface area contributed by atoms with Crippen LogP contribution in [-0.2, 0) is 32.8 Å². The van der Waals surface area contributed by atoms with E-state index in [0.717, 1.165) is 15.9 Å². The first kappa shape index (κ1) is 33.3. The van der Waals surface area contributed by atoms with E-state index in [4.69, 9.17) is 23.2 Å². The Balaban J connectivity index is 2.13. The number of carbonyl (C=O) groups is 2. The summed E-state index contributed by atoms with van der Waals surface area (Å²) in [5, 5.41) is 3.56. The number of hydrogen-bond donors (Lipinski definition) is 1. The molecule has 0 aliphatic carbocycles. The summed E-state index contributed by atoms with van der Waals surface area (Å²) >= 11 is 12.6. The Morgan fingerprint density at radius 1 is 0.952 bits per heavy atom. The van der Waals surface area contributed by atoms with E-state index in [1.807, 2.05) is 44.2 Å². The lowest BCUT2D eigenvalue weighted by molar-refractivity contribution is -0.140. The van der Waals surface area contributed by atoms with Crippen molar-refractivity contribution in [3.8, 4) is 0 Å². The second-order valence-electron chi connectivity index (χ2n) is 10.4. The molecule has 0 fully saturated rings. The number of amides is 2. The lowest BCUT2D eigenvalue weighted by Crippen LogP contribution is -2.54. The van der Waals surface area contributed by atoms with Gasteiger partial charge in [-0.05, 0) is 41.3 Å². The normalized spacial score (nSPS) is 12.3. The van der Waals surface area contributed by atoms with Crippen LogP contribution in [0.15, 0.2) is 72.8 Å². The molecule has 0 aliphatic rings. The van der Waals surface area contributed by atoms with Gasteiger partial charge in [-0.1, -0.05) is 85.6 Å². The number of hydrogen-bond acceptors (Lipinski definition) is 4. The SMILES string of the molecule is CC(C)CNC(=O)C(Cc1ccccc1)N(Cc1ccc(Cl)cc1Cl)C(=O)CN(c1ccccc1F)S(=O)(=O)N(C)C. The summed E-state index contributed by atoms with van der Waals surface area (Å²) < 4.78 is 43.2. The van der Waals surface area contributed by atoms with Crippen molar-refractivity contribution in [2.24, 2.45) is 5.92 Å². The molecule has 3 rings (SSSR count). The van der Waals surface area contributed by atoms with Crippen molar-refractivity contribution in [3.63, 3.8) is 0 Å². The minimum absolute atomic E-state index is 0.130. The van der Waals surface area contributed by atoms with Gasteiger partial charge in [0.2, 0.25) is 11.8 Å². The molecule has 3 aromatic rings. The summed E-state index contributed by atoms with van der Waals surface area (Å²) in [4.78, 5) is 29.2. The van der Waals surface area contributed by atoms with Gasteiger partial charge < -0.3 is 10.2 Å². The number of halogens is 3. The van der Waals surface area contributed by atoms with Crippen molar-refractivity contribution >= 4 is 50.9 Å². The van der Waals surface area contributed by atoms with Crippen LogP contribution in [0.5, 0.6) is 0 Å². The van der Waals surface area contributed by atoms with Crippen LogP contribution in [0.2, 0.25) is 10.0 Å². The Morgan fingerprint density at radius 3 is 2.19 bits per heavy atom. The van der Waals surface area contributed by atoms with E-state index < -0.39 is 40.4 Å². The molecule has 0 heterocycles. The monoisotopic (exact) mass is 636 g/mol. The van der Waals surface area contributed by atoms with E-state index in [1.54, 1.807) is 12.1 Å². The second kappa shape index (κ2) is 14.8. The third-order valence-corrected chi connectivity index (χ3v) is 8.84. The van der Waals surface area contributed by atoms with Crippen LogP contribution in [0.3, 0.4) is 0 Å². The zero-order valence-corrected chi connectivity index (χ0v) is 26.3. The molecule has 0 spiro atoms. The Kier molecular flexibility index (Phi) is 11.8. The molecule has 226 valence electrons. The van der Waals surface area contributed by atoms with Crippen molar-refractivity contribution in [2.45, 2.75) is 32.9 Å². The molecule has 0 aliphatic heterocycles. The van der Waals surface area contributed by atoms with Gasteiger partial charge in [0, 0.05) is 43.7 Å². The first-order valence-corrected chi connectivity index (χ1v) is 15.5. The van der Waals surface area contributed by atoms with Gasteiger partial charge in [-0.2, -0.15) is 12.7 Å². The molecule has 8 nitrogen and oxygen atoms in total. The molecule has 0 radical (unpaired) electrons. The van der Waals surface area contributed by atoms with E-state index in [9.17, 15) is 22.4 Å². The summed E-state index contributed by atoms with van der Waals surface area (Å²) in [6, 6.07) is 18.2. The van der Waals surface area contributed by atoms with E-state index >= 15 is 0 Å². The maximum absolute atomic E-state index is 14.9. The molecule has 3 aromatic carbocycles. The topological polar surface area (TPSA) is 90.0 Å². The summed E-state index contributed by atoms with van der Waals surface area (Å²) in [7, 11) is -1.74. The highest BCUT2D eigenvalue weighted by molar-refractivity contribution is 7.90. The van der Waals surface area contributed by atoms with Gasteiger partial charge in [0.25, 0.3) is 0 Å². The molecule has 1 atom stereocenters. The standard InChI is InChI=1S/C30H35Cl2FN4O4S/c1-21(2)18-34-30(39)28(16-22-10-6-5-7-11-22)36(19-23-14-15-24(31)17-25(23)32)29(38)20-37(42(40,41)35(3)4)27-13-9-8-12-26(27)33/h5-15,17,21,28H,16,18-20H2,1-4H3,(H,34,39). The third kappa shape index (κ3) is 8.67. The van der Waals surface area contributed by atoms with E-state index in [1.165, 1.54) is 43.3 Å². The van der Waals surface area contributed by atoms with Crippen LogP contribution in [0, 0.1) is 11.7 Å². The van der Waals surface area contributed by atoms with Crippen molar-refractivity contribution in [1.82, 2.24) is 14.5 Å². The average molecular weight is 638 g/mol. The minimum Gasteiger partial charge on any atom is -0.354 e. The number of carbonyl (C=O) groups excluding carboxylic acids is 2. The van der Waals surface area contributed by atoms with Crippen LogP contribution in [0.25, 0.3) is 0 Å². The lowest BCUT2D eigenvalue weighted by Gasteiger charge is -2.34. The lowest BCUT2D eigenvalue weighted by atomic mass is 10.0. The third-order valence-electron chi connectivity index (χ3n) is 6.45. The zero-order valence-electron chi connectivity index (χ0n) is 23.9. The van der Waals surface area contributed by atoms with Gasteiger partial charge in [-0.15, -0.1) is 0 Å². The van der Waals surface area contributed by atoms with E-state index in [0.29, 0.717) is 21.4 Å². The fraction of sp³-hybridized carbons (Fsp3) is 0.333. The van der Waals surface area contributed by atoms with Gasteiger partial charge in [-0.3, -0.25) is 9.59 Å². The van der Waals surface area contributed by atoms with Gasteiger partial charge in [-0.25, -0.2) is 8.70 Å². The Labute approximate surface area is 257 Å². The van der Waals surface area contributed by atoms with Crippen LogP contribution >= 0.6 is 23.2 Å². The van der Waals surface area contributed by atoms with Crippen LogP contribution in [0.1, 0.15) is 25.0 Å². The highest BCUT2D eigenvalue weighted by Crippen LogP contribution is 2.26. The number of nitrogens with one attached hydrogen (secondary N) is 1. The predicted molar refractivity (Wildman–Crippen MR) is 165 cm³/mol. The molecule has 0 saturated heterocycles. The Hall–Kier alpha value is -3.18. The summed E-state index contributed by atoms with van der Waals surface area (Å²) in [6.07, 6.45) is 0.141. The number of para-hydroxylation sites is 1. The molecule has 42 heavy (non-hydrogen) atoms. The summed E-state index contributed by atoms with van der Waals surface area (Å²) in [6.45, 7) is 3.36. The number of rotatable bonds is 13. The highest BCUT2D eigenvalue weighted by Gasteiger charge is 2.35. The molecule has 1 N–H and O–H groups in total. The van der Waals surface area contributed by atoms with Crippen LogP contribution in [0.4, 0.5) is 10.1 Å². The molecular weight excluding hydrogens is 602 g/mol. The van der Waals surface area contributed by atoms with Crippen LogP contribution < -0.4 is 9.62 Å². The largest absolute Gasteiger partial charge is 0.354 e. The maximum Gasteiger partial charge on any atom is 0.304 e. The first-order chi connectivity index (χ1) is 19.8. The smallest absolute Gasteiger partial charge is 0.304 e. The van der Waals surface area contributed by atoms with Crippen molar-refractivity contribution < 1.29 is 22.4 Å². The summed E-state index contributed by atoms with van der Waals surface area (Å²) in [5.41, 5.74) is 0.985. The minimum atomic E-state index is -4.32. The quantitative estimate of drug-likeness (QED) is 0.281. The Morgan fingerprint density at radius 2 is 1.60 bits per heavy atom. The van der Waals surface area contributed by atoms with Crippen LogP contribution in [-0.4, -0.2) is 62.7 Å². The molecule has 1 unspecified atom stereocenters. The fourth-order valence-electron chi connectivity index (χ4n) is 4.17. The second-order valence-corrected chi connectivity index (χ2v) is 13.3. The van der Waals surface area contributed by atoms with Gasteiger partial charge in [0.05, 0.1) is 5.69 Å². The zero-order chi connectivity index (χ0) is 31.0. The van der Waals surface area contributed by atoms with Gasteiger partial charge >= 0.3 is 10.2 Å². The van der Waals surface area contributed by atoms with E-state index in [-0.39, 0.29) is 29.6 Å². The number of benzene rings is 3. The Bertz CT molecular complexity index is 1490. The van der Waals surface area contributed by atoms with Crippen molar-refractivity contribution in [1.29, 1.82) is 0 Å². The fourth-order valence-corrected chi connectivity index (χ4v) is 5.70. The number of nitrogens with zero attached hydrogens (tertiary/aromatic N) is 3. The molecule has 12 heteroatoms. The molecular formula is C30H35Cl2FN4O4S. The van der Waals surface area contributed by atoms with Gasteiger partial charge in [0.1, 0.15) is 18.4 Å². The molecule has 0 saturated carbocycles. The van der Waals surface area contributed by atoms with Crippen molar-refractivity contribution in [3.05, 3.63) is 99.8 Å². The molecule has 2 amide bonds.